The monoisotopic (exact) mass is 279 g/mol. The zero-order chi connectivity index (χ0) is 13.5. The summed E-state index contributed by atoms with van der Waals surface area (Å²) in [6, 6.07) is 17.9. The molecule has 2 heterocycles. The van der Waals surface area contributed by atoms with Gasteiger partial charge in [-0.05, 0) is 47.5 Å². The van der Waals surface area contributed by atoms with Crippen LogP contribution in [0.15, 0.2) is 65.2 Å². The number of pyridine rings is 1. The summed E-state index contributed by atoms with van der Waals surface area (Å²) in [5.74, 6) is 0. The Hall–Kier alpha value is -2.32. The Morgan fingerprint density at radius 2 is 1.75 bits per heavy atom. The molecule has 0 N–H and O–H groups in total. The molecular formula is C17H10ClNO. The van der Waals surface area contributed by atoms with E-state index in [0.29, 0.717) is 5.71 Å². The molecule has 3 heteroatoms. The van der Waals surface area contributed by atoms with Crippen LogP contribution in [0.4, 0.5) is 0 Å². The average molecular weight is 280 g/mol. The van der Waals surface area contributed by atoms with Gasteiger partial charge in [0.25, 0.3) is 0 Å². The fraction of sp³-hybridized carbons (Fsp3) is 0. The molecule has 0 unspecified atom stereocenters. The smallest absolute Gasteiger partial charge is 0.227 e. The van der Waals surface area contributed by atoms with Gasteiger partial charge in [0.1, 0.15) is 5.58 Å². The number of hydrogen-bond acceptors (Lipinski definition) is 2. The summed E-state index contributed by atoms with van der Waals surface area (Å²) in [5, 5.41) is 2.85. The molecule has 20 heavy (non-hydrogen) atoms. The molecule has 0 bridgehead atoms. The third-order valence-electron chi connectivity index (χ3n) is 3.41. The standard InChI is InChI=1S/C17H10ClNO/c18-13-4-1-3-11(9-13)12-6-7-14-15-5-2-8-19-17(15)20-16(14)10-12/h1-10H. The van der Waals surface area contributed by atoms with Gasteiger partial charge in [-0.1, -0.05) is 29.8 Å². The third-order valence-corrected chi connectivity index (χ3v) is 3.64. The van der Waals surface area contributed by atoms with Crippen LogP contribution in [0.2, 0.25) is 5.02 Å². The number of fused-ring (bicyclic) bond motifs is 3. The highest BCUT2D eigenvalue weighted by atomic mass is 35.5. The third kappa shape index (κ3) is 1.77. The Bertz CT molecular complexity index is 926. The minimum absolute atomic E-state index is 0.672. The van der Waals surface area contributed by atoms with E-state index < -0.39 is 0 Å². The van der Waals surface area contributed by atoms with Crippen LogP contribution in [0.5, 0.6) is 0 Å². The minimum atomic E-state index is 0.672. The molecule has 0 saturated carbocycles. The molecule has 0 amide bonds. The van der Waals surface area contributed by atoms with Gasteiger partial charge in [-0.25, -0.2) is 4.98 Å². The molecule has 0 aliphatic rings. The van der Waals surface area contributed by atoms with Crippen LogP contribution in [0.3, 0.4) is 0 Å². The predicted octanol–water partition coefficient (Wildman–Crippen LogP) is 5.30. The first-order valence-electron chi connectivity index (χ1n) is 6.34. The maximum absolute atomic E-state index is 6.04. The van der Waals surface area contributed by atoms with Gasteiger partial charge in [0, 0.05) is 22.0 Å². The Morgan fingerprint density at radius 3 is 2.65 bits per heavy atom. The van der Waals surface area contributed by atoms with Gasteiger partial charge in [-0.15, -0.1) is 0 Å². The number of hydrogen-bond donors (Lipinski definition) is 0. The van der Waals surface area contributed by atoms with Crippen molar-refractivity contribution in [3.05, 3.63) is 65.8 Å². The Balaban J connectivity index is 1.97. The lowest BCUT2D eigenvalue weighted by Gasteiger charge is -2.01. The van der Waals surface area contributed by atoms with Crippen LogP contribution in [-0.4, -0.2) is 4.98 Å². The molecule has 0 radical (unpaired) electrons. The number of aromatic nitrogens is 1. The number of nitrogens with zero attached hydrogens (tertiary/aromatic N) is 1. The predicted molar refractivity (Wildman–Crippen MR) is 82.0 cm³/mol. The highest BCUT2D eigenvalue weighted by Crippen LogP contribution is 2.31. The Morgan fingerprint density at radius 1 is 0.850 bits per heavy atom. The lowest BCUT2D eigenvalue weighted by Crippen LogP contribution is -1.77. The van der Waals surface area contributed by atoms with E-state index in [0.717, 1.165) is 32.5 Å². The average Bonchev–Trinajstić information content (AvgIpc) is 2.85. The summed E-state index contributed by atoms with van der Waals surface area (Å²) < 4.78 is 5.80. The maximum Gasteiger partial charge on any atom is 0.227 e. The molecule has 4 aromatic rings. The molecule has 4 rings (SSSR count). The lowest BCUT2D eigenvalue weighted by atomic mass is 10.0. The van der Waals surface area contributed by atoms with Crippen LogP contribution >= 0.6 is 11.6 Å². The molecule has 2 nitrogen and oxygen atoms in total. The van der Waals surface area contributed by atoms with E-state index in [4.69, 9.17) is 16.0 Å². The molecule has 2 aromatic carbocycles. The summed E-state index contributed by atoms with van der Waals surface area (Å²) in [7, 11) is 0. The number of rotatable bonds is 1. The van der Waals surface area contributed by atoms with E-state index in [1.807, 2.05) is 42.5 Å². The van der Waals surface area contributed by atoms with Crippen molar-refractivity contribution in [2.24, 2.45) is 0 Å². The molecule has 0 aliphatic carbocycles. The maximum atomic E-state index is 6.04. The number of furan rings is 1. The van der Waals surface area contributed by atoms with Gasteiger partial charge in [0.05, 0.1) is 0 Å². The lowest BCUT2D eigenvalue weighted by molar-refractivity contribution is 0.654. The molecular weight excluding hydrogens is 270 g/mol. The first-order chi connectivity index (χ1) is 9.81. The van der Waals surface area contributed by atoms with Gasteiger partial charge in [-0.3, -0.25) is 0 Å². The zero-order valence-corrected chi connectivity index (χ0v) is 11.3. The molecule has 0 saturated heterocycles. The van der Waals surface area contributed by atoms with Crippen molar-refractivity contribution >= 4 is 33.7 Å². The van der Waals surface area contributed by atoms with Crippen LogP contribution in [-0.2, 0) is 0 Å². The van der Waals surface area contributed by atoms with Crippen molar-refractivity contribution in [2.75, 3.05) is 0 Å². The van der Waals surface area contributed by atoms with Crippen molar-refractivity contribution in [1.29, 1.82) is 0 Å². The highest BCUT2D eigenvalue weighted by molar-refractivity contribution is 6.30. The van der Waals surface area contributed by atoms with Crippen molar-refractivity contribution in [3.63, 3.8) is 0 Å². The molecule has 2 aromatic heterocycles. The highest BCUT2D eigenvalue weighted by Gasteiger charge is 2.08. The van der Waals surface area contributed by atoms with Crippen molar-refractivity contribution in [1.82, 2.24) is 4.98 Å². The van der Waals surface area contributed by atoms with E-state index >= 15 is 0 Å². The molecule has 0 fully saturated rings. The molecule has 0 atom stereocenters. The SMILES string of the molecule is Clc1cccc(-c2ccc3c(c2)oc2ncccc23)c1. The second-order valence-electron chi connectivity index (χ2n) is 4.68. The summed E-state index contributed by atoms with van der Waals surface area (Å²) in [6.07, 6.45) is 1.74. The van der Waals surface area contributed by atoms with Gasteiger partial charge in [0.2, 0.25) is 5.71 Å². The fourth-order valence-corrected chi connectivity index (χ4v) is 2.65. The van der Waals surface area contributed by atoms with Crippen LogP contribution in [0, 0.1) is 0 Å². The van der Waals surface area contributed by atoms with Gasteiger partial charge in [-0.2, -0.15) is 0 Å². The fourth-order valence-electron chi connectivity index (χ4n) is 2.46. The first-order valence-corrected chi connectivity index (χ1v) is 6.72. The normalized spacial score (nSPS) is 11.2. The number of benzene rings is 2. The van der Waals surface area contributed by atoms with Crippen LogP contribution in [0.25, 0.3) is 33.2 Å². The summed E-state index contributed by atoms with van der Waals surface area (Å²) in [6.45, 7) is 0. The minimum Gasteiger partial charge on any atom is -0.438 e. The van der Waals surface area contributed by atoms with Gasteiger partial charge in [0.15, 0.2) is 0 Å². The molecule has 0 spiro atoms. The van der Waals surface area contributed by atoms with Crippen molar-refractivity contribution in [3.8, 4) is 11.1 Å². The van der Waals surface area contributed by atoms with E-state index in [1.54, 1.807) is 6.20 Å². The van der Waals surface area contributed by atoms with Crippen molar-refractivity contribution < 1.29 is 4.42 Å². The summed E-state index contributed by atoms with van der Waals surface area (Å²) in [4.78, 5) is 4.25. The van der Waals surface area contributed by atoms with Crippen molar-refractivity contribution in [2.45, 2.75) is 0 Å². The van der Waals surface area contributed by atoms with Gasteiger partial charge < -0.3 is 4.42 Å². The Kier molecular flexibility index (Phi) is 2.51. The topological polar surface area (TPSA) is 26.0 Å². The number of halogens is 1. The first kappa shape index (κ1) is 11.5. The van der Waals surface area contributed by atoms with E-state index in [2.05, 4.69) is 17.1 Å². The Labute approximate surface area is 120 Å². The van der Waals surface area contributed by atoms with Crippen LogP contribution in [0.1, 0.15) is 0 Å². The largest absolute Gasteiger partial charge is 0.438 e. The van der Waals surface area contributed by atoms with Gasteiger partial charge >= 0.3 is 0 Å². The van der Waals surface area contributed by atoms with E-state index in [-0.39, 0.29) is 0 Å². The van der Waals surface area contributed by atoms with E-state index in [1.165, 1.54) is 0 Å². The second kappa shape index (κ2) is 4.36. The second-order valence-corrected chi connectivity index (χ2v) is 5.12. The summed E-state index contributed by atoms with van der Waals surface area (Å²) >= 11 is 6.04. The molecule has 0 aliphatic heterocycles. The molecule has 96 valence electrons. The quantitative estimate of drug-likeness (QED) is 0.472. The summed E-state index contributed by atoms with van der Waals surface area (Å²) in [5.41, 5.74) is 3.67. The van der Waals surface area contributed by atoms with E-state index in [9.17, 15) is 0 Å². The zero-order valence-electron chi connectivity index (χ0n) is 10.5. The van der Waals surface area contributed by atoms with Crippen LogP contribution < -0.4 is 0 Å².